The number of nitrogens with one attached hydrogen (secondary N) is 1. The first kappa shape index (κ1) is 11.3. The summed E-state index contributed by atoms with van der Waals surface area (Å²) >= 11 is 0. The number of aromatic amines is 1. The van der Waals surface area contributed by atoms with E-state index >= 15 is 0 Å². The Morgan fingerprint density at radius 3 is 3.06 bits per heavy atom. The lowest BCUT2D eigenvalue weighted by Crippen LogP contribution is -2.30. The summed E-state index contributed by atoms with van der Waals surface area (Å²) in [6, 6.07) is 0. The molecule has 0 bridgehead atoms. The molecular formula is C12H19N3O. The van der Waals surface area contributed by atoms with Gasteiger partial charge in [0.25, 0.3) is 0 Å². The summed E-state index contributed by atoms with van der Waals surface area (Å²) in [5.41, 5.74) is 7.89. The van der Waals surface area contributed by atoms with E-state index in [-0.39, 0.29) is 11.1 Å². The van der Waals surface area contributed by atoms with Crippen LogP contribution in [0.1, 0.15) is 43.9 Å². The number of nitrogens with two attached hydrogens (primary N) is 1. The molecule has 1 aromatic heterocycles. The van der Waals surface area contributed by atoms with Crippen molar-refractivity contribution in [2.75, 3.05) is 6.54 Å². The first-order chi connectivity index (χ1) is 7.52. The molecule has 0 aromatic carbocycles. The molecule has 4 nitrogen and oxygen atoms in total. The summed E-state index contributed by atoms with van der Waals surface area (Å²) in [7, 11) is 0. The number of hydrogen-bond donors (Lipinski definition) is 2. The maximum atomic E-state index is 11.3. The Hall–Kier alpha value is -1.16. The van der Waals surface area contributed by atoms with Crippen LogP contribution >= 0.6 is 0 Å². The molecular weight excluding hydrogens is 202 g/mol. The van der Waals surface area contributed by atoms with Crippen molar-refractivity contribution in [3.8, 4) is 0 Å². The van der Waals surface area contributed by atoms with E-state index in [2.05, 4.69) is 23.8 Å². The van der Waals surface area contributed by atoms with Gasteiger partial charge >= 0.3 is 5.69 Å². The van der Waals surface area contributed by atoms with E-state index in [0.29, 0.717) is 12.5 Å². The van der Waals surface area contributed by atoms with Gasteiger partial charge in [-0.3, -0.25) is 0 Å². The summed E-state index contributed by atoms with van der Waals surface area (Å²) < 4.78 is 0. The van der Waals surface area contributed by atoms with E-state index in [0.717, 1.165) is 25.0 Å². The molecule has 3 N–H and O–H groups in total. The minimum Gasteiger partial charge on any atom is -0.330 e. The van der Waals surface area contributed by atoms with Gasteiger partial charge in [-0.1, -0.05) is 13.8 Å². The van der Waals surface area contributed by atoms with E-state index in [1.807, 2.05) is 0 Å². The number of aromatic nitrogens is 2. The van der Waals surface area contributed by atoms with E-state index in [1.54, 1.807) is 6.20 Å². The van der Waals surface area contributed by atoms with Gasteiger partial charge in [0, 0.05) is 17.8 Å². The quantitative estimate of drug-likeness (QED) is 0.787. The van der Waals surface area contributed by atoms with Crippen LogP contribution in [0.5, 0.6) is 0 Å². The first-order valence-electron chi connectivity index (χ1n) is 5.80. The van der Waals surface area contributed by atoms with Crippen LogP contribution in [0.2, 0.25) is 0 Å². The van der Waals surface area contributed by atoms with E-state index in [1.165, 1.54) is 5.56 Å². The largest absolute Gasteiger partial charge is 0.345 e. The van der Waals surface area contributed by atoms with Crippen LogP contribution in [0.3, 0.4) is 0 Å². The van der Waals surface area contributed by atoms with Crippen molar-refractivity contribution in [3.05, 3.63) is 27.9 Å². The highest BCUT2D eigenvalue weighted by molar-refractivity contribution is 5.25. The number of rotatable bonds is 2. The zero-order chi connectivity index (χ0) is 11.8. The normalized spacial score (nSPS) is 22.8. The summed E-state index contributed by atoms with van der Waals surface area (Å²) in [5, 5.41) is 0. The highest BCUT2D eigenvalue weighted by Gasteiger charge is 2.32. The van der Waals surface area contributed by atoms with Crippen LogP contribution in [-0.2, 0) is 6.42 Å². The molecule has 0 radical (unpaired) electrons. The summed E-state index contributed by atoms with van der Waals surface area (Å²) in [4.78, 5) is 17.9. The van der Waals surface area contributed by atoms with Crippen LogP contribution in [0.25, 0.3) is 0 Å². The van der Waals surface area contributed by atoms with E-state index < -0.39 is 0 Å². The topological polar surface area (TPSA) is 71.8 Å². The van der Waals surface area contributed by atoms with Crippen molar-refractivity contribution in [1.29, 1.82) is 0 Å². The molecule has 0 fully saturated rings. The van der Waals surface area contributed by atoms with Crippen LogP contribution < -0.4 is 11.4 Å². The summed E-state index contributed by atoms with van der Waals surface area (Å²) in [5.74, 6) is 0.374. The Morgan fingerprint density at radius 1 is 1.62 bits per heavy atom. The fourth-order valence-electron chi connectivity index (χ4n) is 2.74. The lowest BCUT2D eigenvalue weighted by molar-refractivity contribution is 0.269. The zero-order valence-corrected chi connectivity index (χ0v) is 9.92. The average molecular weight is 221 g/mol. The van der Waals surface area contributed by atoms with Crippen molar-refractivity contribution in [2.24, 2.45) is 11.1 Å². The molecule has 1 unspecified atom stereocenters. The van der Waals surface area contributed by atoms with Gasteiger partial charge in [-0.25, -0.2) is 9.78 Å². The summed E-state index contributed by atoms with van der Waals surface area (Å²) in [6.07, 6.45) is 4.71. The van der Waals surface area contributed by atoms with Gasteiger partial charge in [-0.15, -0.1) is 0 Å². The highest BCUT2D eigenvalue weighted by atomic mass is 16.1. The second-order valence-electron chi connectivity index (χ2n) is 5.45. The van der Waals surface area contributed by atoms with E-state index in [9.17, 15) is 4.79 Å². The van der Waals surface area contributed by atoms with Gasteiger partial charge in [0.15, 0.2) is 0 Å². The Bertz CT molecular complexity index is 436. The monoisotopic (exact) mass is 221 g/mol. The molecule has 88 valence electrons. The fraction of sp³-hybridized carbons (Fsp3) is 0.667. The van der Waals surface area contributed by atoms with Crippen LogP contribution in [0.4, 0.5) is 0 Å². The lowest BCUT2D eigenvalue weighted by atomic mass is 9.70. The van der Waals surface area contributed by atoms with Crippen molar-refractivity contribution < 1.29 is 0 Å². The number of hydrogen-bond acceptors (Lipinski definition) is 3. The van der Waals surface area contributed by atoms with Gasteiger partial charge in [-0.2, -0.15) is 0 Å². The molecule has 1 heterocycles. The minimum absolute atomic E-state index is 0.250. The number of nitrogens with zero attached hydrogens (tertiary/aromatic N) is 1. The predicted molar refractivity (Wildman–Crippen MR) is 63.4 cm³/mol. The first-order valence-corrected chi connectivity index (χ1v) is 5.80. The predicted octanol–water partition coefficient (Wildman–Crippen LogP) is 1.17. The van der Waals surface area contributed by atoms with Gasteiger partial charge < -0.3 is 10.7 Å². The molecule has 1 atom stereocenters. The van der Waals surface area contributed by atoms with Gasteiger partial charge in [0.2, 0.25) is 0 Å². The molecule has 0 aliphatic heterocycles. The molecule has 0 saturated heterocycles. The van der Waals surface area contributed by atoms with Gasteiger partial charge in [0.1, 0.15) is 0 Å². The zero-order valence-electron chi connectivity index (χ0n) is 9.92. The van der Waals surface area contributed by atoms with Crippen molar-refractivity contribution in [2.45, 2.75) is 39.0 Å². The fourth-order valence-corrected chi connectivity index (χ4v) is 2.74. The van der Waals surface area contributed by atoms with Crippen LogP contribution in [-0.4, -0.2) is 16.5 Å². The smallest absolute Gasteiger partial charge is 0.330 e. The van der Waals surface area contributed by atoms with Crippen molar-refractivity contribution >= 4 is 0 Å². The average Bonchev–Trinajstić information content (AvgIpc) is 2.18. The molecule has 16 heavy (non-hydrogen) atoms. The van der Waals surface area contributed by atoms with Crippen LogP contribution in [0, 0.1) is 5.41 Å². The Balaban J connectivity index is 2.43. The third kappa shape index (κ3) is 2.16. The Labute approximate surface area is 95.3 Å². The Kier molecular flexibility index (Phi) is 2.84. The van der Waals surface area contributed by atoms with Gasteiger partial charge in [-0.05, 0) is 36.8 Å². The maximum absolute atomic E-state index is 11.3. The molecule has 1 aliphatic rings. The molecule has 1 aliphatic carbocycles. The van der Waals surface area contributed by atoms with Gasteiger partial charge in [0.05, 0.1) is 0 Å². The lowest BCUT2D eigenvalue weighted by Gasteiger charge is -2.36. The standard InChI is InChI=1S/C12H19N3O/c1-12(2)5-8(3-4-13)10-9(6-12)7-14-11(16)15-10/h7-8H,3-6,13H2,1-2H3,(H,14,15,16). The second-order valence-corrected chi connectivity index (χ2v) is 5.45. The third-order valence-corrected chi connectivity index (χ3v) is 3.32. The number of H-pyrrole nitrogens is 1. The molecule has 0 amide bonds. The van der Waals surface area contributed by atoms with Crippen molar-refractivity contribution in [3.63, 3.8) is 0 Å². The minimum atomic E-state index is -0.250. The molecule has 2 rings (SSSR count). The SMILES string of the molecule is CC1(C)Cc2cnc(=O)[nH]c2C(CCN)C1. The highest BCUT2D eigenvalue weighted by Crippen LogP contribution is 2.41. The number of fused-ring (bicyclic) bond motifs is 1. The second kappa shape index (κ2) is 4.01. The van der Waals surface area contributed by atoms with Crippen LogP contribution in [0.15, 0.2) is 11.0 Å². The Morgan fingerprint density at radius 2 is 2.38 bits per heavy atom. The molecule has 4 heteroatoms. The molecule has 1 aromatic rings. The molecule has 0 spiro atoms. The van der Waals surface area contributed by atoms with Crippen molar-refractivity contribution in [1.82, 2.24) is 9.97 Å². The third-order valence-electron chi connectivity index (χ3n) is 3.32. The molecule has 0 saturated carbocycles. The summed E-state index contributed by atoms with van der Waals surface area (Å²) in [6.45, 7) is 5.17. The van der Waals surface area contributed by atoms with E-state index in [4.69, 9.17) is 5.73 Å². The maximum Gasteiger partial charge on any atom is 0.345 e.